The summed E-state index contributed by atoms with van der Waals surface area (Å²) < 4.78 is 15.7. The number of aromatic amines is 1. The molecule has 18 nitrogen and oxygen atoms in total. The van der Waals surface area contributed by atoms with Crippen LogP contribution in [-0.2, 0) is 50.7 Å². The van der Waals surface area contributed by atoms with Crippen molar-refractivity contribution < 1.29 is 47.6 Å². The van der Waals surface area contributed by atoms with Gasteiger partial charge in [0.2, 0.25) is 35.4 Å². The number of aromatic nitrogens is 2. The van der Waals surface area contributed by atoms with Crippen LogP contribution in [0.25, 0.3) is 0 Å². The molecule has 6 amide bonds. The van der Waals surface area contributed by atoms with Gasteiger partial charge in [0.15, 0.2) is 0 Å². The van der Waals surface area contributed by atoms with Crippen molar-refractivity contribution in [1.82, 2.24) is 36.1 Å². The molecule has 1 aromatic carbocycles. The number of imidazole rings is 1. The largest absolute Gasteiger partial charge is 0.469 e. The van der Waals surface area contributed by atoms with Crippen LogP contribution < -0.4 is 27.0 Å². The molecule has 0 radical (unpaired) electrons. The first kappa shape index (κ1) is 45.5. The number of phosphoric acid groups is 1. The Bertz CT molecular complexity index is 1570. The third-order valence-corrected chi connectivity index (χ3v) is 8.97. The third kappa shape index (κ3) is 17.5. The van der Waals surface area contributed by atoms with Crippen molar-refractivity contribution >= 4 is 43.3 Å². The van der Waals surface area contributed by atoms with Crippen molar-refractivity contribution in [2.45, 2.75) is 110 Å². The molecule has 2 rings (SSSR count). The first-order valence-electron chi connectivity index (χ1n) is 17.9. The van der Waals surface area contributed by atoms with Gasteiger partial charge in [-0.2, -0.15) is 0 Å². The molecule has 19 heteroatoms. The molecule has 0 aliphatic carbocycles. The number of nitrogens with two attached hydrogens (primary N) is 1. The molecule has 54 heavy (non-hydrogen) atoms. The van der Waals surface area contributed by atoms with Crippen molar-refractivity contribution in [2.24, 2.45) is 11.7 Å². The van der Waals surface area contributed by atoms with E-state index in [0.29, 0.717) is 18.7 Å². The molecule has 5 unspecified atom stereocenters. The first-order chi connectivity index (χ1) is 25.4. The number of unbranched alkanes of at least 4 members (excludes halogenated alkanes) is 3. The van der Waals surface area contributed by atoms with Crippen LogP contribution in [0.5, 0.6) is 0 Å². The normalized spacial score (nSPS) is 14.2. The van der Waals surface area contributed by atoms with Crippen LogP contribution in [0, 0.1) is 5.92 Å². The number of rotatable bonds is 24. The number of primary amides is 1. The van der Waals surface area contributed by atoms with Gasteiger partial charge in [0.25, 0.3) is 0 Å². The van der Waals surface area contributed by atoms with E-state index in [9.17, 15) is 33.3 Å². The lowest BCUT2D eigenvalue weighted by atomic mass is 10.0. The van der Waals surface area contributed by atoms with E-state index >= 15 is 0 Å². The highest BCUT2D eigenvalue weighted by molar-refractivity contribution is 7.46. The highest BCUT2D eigenvalue weighted by Crippen LogP contribution is 2.38. The van der Waals surface area contributed by atoms with Crippen molar-refractivity contribution in [2.75, 3.05) is 13.1 Å². The van der Waals surface area contributed by atoms with E-state index in [1.807, 2.05) is 32.0 Å². The van der Waals surface area contributed by atoms with Crippen LogP contribution in [0.1, 0.15) is 78.0 Å². The van der Waals surface area contributed by atoms with E-state index in [1.165, 1.54) is 36.8 Å². The summed E-state index contributed by atoms with van der Waals surface area (Å²) in [4.78, 5) is 104. The Morgan fingerprint density at radius 1 is 0.889 bits per heavy atom. The van der Waals surface area contributed by atoms with E-state index in [2.05, 4.69) is 47.9 Å². The number of hydrogen-bond donors (Lipinski definition) is 8. The molecule has 0 saturated heterocycles. The van der Waals surface area contributed by atoms with Crippen molar-refractivity contribution in [3.63, 3.8) is 0 Å². The molecular weight excluding hydrogens is 723 g/mol. The van der Waals surface area contributed by atoms with Gasteiger partial charge in [-0.3, -0.25) is 33.3 Å². The Kier molecular flexibility index (Phi) is 19.0. The zero-order valence-electron chi connectivity index (χ0n) is 31.4. The monoisotopic (exact) mass is 778 g/mol. The van der Waals surface area contributed by atoms with Crippen LogP contribution in [0.4, 0.5) is 0 Å². The van der Waals surface area contributed by atoms with Gasteiger partial charge in [0, 0.05) is 31.8 Å². The minimum atomic E-state index is -5.04. The zero-order valence-corrected chi connectivity index (χ0v) is 32.3. The first-order valence-corrected chi connectivity index (χ1v) is 19.4. The fraction of sp³-hybridized carbons (Fsp3) is 0.571. The van der Waals surface area contributed by atoms with Crippen molar-refractivity contribution in [3.8, 4) is 0 Å². The van der Waals surface area contributed by atoms with Gasteiger partial charge in [-0.15, -0.1) is 0 Å². The maximum atomic E-state index is 13.7. The summed E-state index contributed by atoms with van der Waals surface area (Å²) in [5.74, 6) is -4.45. The minimum absolute atomic E-state index is 0.0559. The molecule has 1 heterocycles. The fourth-order valence-corrected chi connectivity index (χ4v) is 6.10. The maximum absolute atomic E-state index is 13.7. The van der Waals surface area contributed by atoms with Crippen LogP contribution in [0.15, 0.2) is 42.9 Å². The highest BCUT2D eigenvalue weighted by Gasteiger charge is 2.34. The summed E-state index contributed by atoms with van der Waals surface area (Å²) in [5, 5.41) is 10.0. The Morgan fingerprint density at radius 2 is 1.54 bits per heavy atom. The van der Waals surface area contributed by atoms with Crippen LogP contribution in [0.2, 0.25) is 0 Å². The number of benzene rings is 1. The second kappa shape index (κ2) is 22.5. The molecule has 0 aliphatic heterocycles. The summed E-state index contributed by atoms with van der Waals surface area (Å²) in [7, 11) is -5.04. The average molecular weight is 779 g/mol. The lowest BCUT2D eigenvalue weighted by Gasteiger charge is -2.27. The summed E-state index contributed by atoms with van der Waals surface area (Å²) in [6.45, 7) is 7.61. The smallest absolute Gasteiger partial charge is 0.368 e. The molecule has 2 aromatic rings. The quantitative estimate of drug-likeness (QED) is 0.0540. The Morgan fingerprint density at radius 3 is 2.11 bits per heavy atom. The van der Waals surface area contributed by atoms with Crippen LogP contribution >= 0.6 is 7.82 Å². The lowest BCUT2D eigenvalue weighted by molar-refractivity contribution is -0.136. The predicted octanol–water partition coefficient (Wildman–Crippen LogP) is 0.592. The summed E-state index contributed by atoms with van der Waals surface area (Å²) in [6.07, 6.45) is 5.95. The van der Waals surface area contributed by atoms with E-state index in [0.717, 1.165) is 32.6 Å². The number of nitrogens with zero attached hydrogens (tertiary/aromatic N) is 2. The van der Waals surface area contributed by atoms with Crippen molar-refractivity contribution in [1.29, 1.82) is 0 Å². The molecule has 0 spiro atoms. The van der Waals surface area contributed by atoms with Gasteiger partial charge in [-0.1, -0.05) is 57.0 Å². The van der Waals surface area contributed by atoms with Gasteiger partial charge < -0.3 is 46.7 Å². The zero-order chi connectivity index (χ0) is 40.4. The van der Waals surface area contributed by atoms with E-state index in [1.54, 1.807) is 0 Å². The SMILES string of the molecule is CC(=O)N(CCCCCCc1ccccc1)CC(=O)NC(CC(C)C)C(=O)NC(Cc1cnc[nH]1)C(=O)NC(C)C(=O)NC(C(N)=O)C(C)OP(=O)(O)O. The minimum Gasteiger partial charge on any atom is -0.368 e. The Hall–Kier alpha value is -4.64. The fourth-order valence-electron chi connectivity index (χ4n) is 5.55. The number of amides is 6. The van der Waals surface area contributed by atoms with Gasteiger partial charge in [-0.25, -0.2) is 9.55 Å². The van der Waals surface area contributed by atoms with E-state index < -0.39 is 67.6 Å². The number of aryl methyl sites for hydroxylation is 1. The third-order valence-electron chi connectivity index (χ3n) is 8.37. The average Bonchev–Trinajstić information content (AvgIpc) is 3.59. The standard InChI is InChI=1S/C35H55N8O10P/c1-22(2)17-28(40-30(45)20-43(25(5)44)16-12-7-6-9-13-26-14-10-8-11-15-26)35(49)41-29(18-27-19-37-21-38-27)34(48)39-23(3)33(47)42-31(32(36)46)24(4)53-54(50,51)52/h8,10-11,14-15,19,21-24,28-29,31H,6-7,9,12-13,16-18,20H2,1-5H3,(H2,36,46)(H,37,38)(H,39,48)(H,40,45)(H,41,49)(H,42,47)(H2,50,51,52). The summed E-state index contributed by atoms with van der Waals surface area (Å²) in [6, 6.07) is 4.83. The van der Waals surface area contributed by atoms with Crippen molar-refractivity contribution in [3.05, 3.63) is 54.1 Å². The van der Waals surface area contributed by atoms with E-state index in [4.69, 9.17) is 15.5 Å². The predicted molar refractivity (Wildman–Crippen MR) is 198 cm³/mol. The number of phosphoric ester groups is 1. The number of carbonyl (C=O) groups excluding carboxylic acids is 6. The Labute approximate surface area is 315 Å². The summed E-state index contributed by atoms with van der Waals surface area (Å²) in [5.41, 5.74) is 7.03. The van der Waals surface area contributed by atoms with Gasteiger partial charge in [0.1, 0.15) is 24.2 Å². The Balaban J connectivity index is 2.06. The number of hydrogen-bond acceptors (Lipinski definition) is 9. The summed E-state index contributed by atoms with van der Waals surface area (Å²) >= 11 is 0. The number of carbonyl (C=O) groups is 6. The molecule has 1 aromatic heterocycles. The van der Waals surface area contributed by atoms with Gasteiger partial charge >= 0.3 is 7.82 Å². The van der Waals surface area contributed by atoms with Gasteiger partial charge in [0.05, 0.1) is 19.0 Å². The number of H-pyrrole nitrogens is 1. The highest BCUT2D eigenvalue weighted by atomic mass is 31.2. The van der Waals surface area contributed by atoms with Gasteiger partial charge in [-0.05, 0) is 51.0 Å². The van der Waals surface area contributed by atoms with Crippen LogP contribution in [0.3, 0.4) is 0 Å². The molecule has 0 fully saturated rings. The topological polar surface area (TPSA) is 275 Å². The lowest BCUT2D eigenvalue weighted by Crippen LogP contribution is -2.59. The molecule has 0 bridgehead atoms. The van der Waals surface area contributed by atoms with E-state index in [-0.39, 0.29) is 31.2 Å². The molecular formula is C35H55N8O10P. The second-order valence-electron chi connectivity index (χ2n) is 13.6. The molecule has 0 saturated carbocycles. The molecule has 5 atom stereocenters. The molecule has 0 aliphatic rings. The number of nitrogens with one attached hydrogen (secondary N) is 5. The molecule has 9 N–H and O–H groups in total. The molecule has 300 valence electrons. The second-order valence-corrected chi connectivity index (χ2v) is 14.8. The van der Waals surface area contributed by atoms with Crippen LogP contribution in [-0.4, -0.2) is 103 Å². The maximum Gasteiger partial charge on any atom is 0.469 e.